The Morgan fingerprint density at radius 2 is 1.89 bits per heavy atom. The number of likely N-dealkylation sites (N-methyl/N-ethyl adjacent to an activating group) is 1. The fourth-order valence-electron chi connectivity index (χ4n) is 3.73. The minimum atomic E-state index is -0.516. The predicted molar refractivity (Wildman–Crippen MR) is 108 cm³/mol. The molecule has 1 atom stereocenters. The zero-order valence-electron chi connectivity index (χ0n) is 16.7. The molecule has 1 fully saturated rings. The molecular formula is C22H29N3O2. The third-order valence-electron chi connectivity index (χ3n) is 5.30. The maximum atomic E-state index is 12.9. The number of likely N-dealkylation sites (tertiary alicyclic amines) is 1. The molecule has 0 aromatic heterocycles. The van der Waals surface area contributed by atoms with E-state index in [4.69, 9.17) is 0 Å². The number of carbonyl (C=O) groups is 2. The molecule has 0 aliphatic carbocycles. The molecule has 2 aromatic carbocycles. The predicted octanol–water partition coefficient (Wildman–Crippen LogP) is 2.60. The molecule has 1 aliphatic rings. The SMILES string of the molecule is CN(C)CCN1CC(C(=O)NC(C)(C)c2cccc3ccccc23)CC1=O. The van der Waals surface area contributed by atoms with Crippen molar-refractivity contribution in [3.63, 3.8) is 0 Å². The maximum absolute atomic E-state index is 12.9. The zero-order valence-corrected chi connectivity index (χ0v) is 16.7. The first-order valence-corrected chi connectivity index (χ1v) is 9.51. The Balaban J connectivity index is 1.72. The van der Waals surface area contributed by atoms with Crippen LogP contribution in [-0.4, -0.2) is 55.3 Å². The minimum Gasteiger partial charge on any atom is -0.347 e. The molecule has 27 heavy (non-hydrogen) atoms. The Hall–Kier alpha value is -2.40. The number of benzene rings is 2. The number of nitrogens with zero attached hydrogens (tertiary/aromatic N) is 2. The van der Waals surface area contributed by atoms with Crippen molar-refractivity contribution in [2.24, 2.45) is 5.92 Å². The standard InChI is InChI=1S/C22H29N3O2/c1-22(2,19-11-7-9-16-8-5-6-10-18(16)19)23-21(27)17-14-20(26)25(15-17)13-12-24(3)4/h5-11,17H,12-15H2,1-4H3,(H,23,27). The van der Waals surface area contributed by atoms with E-state index < -0.39 is 5.54 Å². The lowest BCUT2D eigenvalue weighted by Crippen LogP contribution is -2.45. The summed E-state index contributed by atoms with van der Waals surface area (Å²) in [7, 11) is 3.97. The summed E-state index contributed by atoms with van der Waals surface area (Å²) >= 11 is 0. The van der Waals surface area contributed by atoms with Crippen molar-refractivity contribution in [3.8, 4) is 0 Å². The number of hydrogen-bond acceptors (Lipinski definition) is 3. The van der Waals surface area contributed by atoms with Gasteiger partial charge in [-0.15, -0.1) is 0 Å². The second kappa shape index (κ2) is 7.69. The van der Waals surface area contributed by atoms with Crippen molar-refractivity contribution in [2.75, 3.05) is 33.7 Å². The van der Waals surface area contributed by atoms with Gasteiger partial charge in [-0.3, -0.25) is 9.59 Å². The largest absolute Gasteiger partial charge is 0.347 e. The molecule has 3 rings (SSSR count). The second-order valence-corrected chi connectivity index (χ2v) is 8.19. The van der Waals surface area contributed by atoms with Gasteiger partial charge in [0.25, 0.3) is 0 Å². The van der Waals surface area contributed by atoms with Gasteiger partial charge < -0.3 is 15.1 Å². The molecule has 0 saturated carbocycles. The lowest BCUT2D eigenvalue weighted by molar-refractivity contribution is -0.129. The summed E-state index contributed by atoms with van der Waals surface area (Å²) in [5, 5.41) is 5.48. The Kier molecular flexibility index (Phi) is 5.51. The summed E-state index contributed by atoms with van der Waals surface area (Å²) in [6.07, 6.45) is 0.297. The number of nitrogens with one attached hydrogen (secondary N) is 1. The third kappa shape index (κ3) is 4.30. The van der Waals surface area contributed by atoms with Gasteiger partial charge in [0.15, 0.2) is 0 Å². The number of amides is 2. The molecule has 1 heterocycles. The number of fused-ring (bicyclic) bond motifs is 1. The van der Waals surface area contributed by atoms with E-state index >= 15 is 0 Å². The normalized spacial score (nSPS) is 17.7. The molecule has 0 radical (unpaired) electrons. The third-order valence-corrected chi connectivity index (χ3v) is 5.30. The molecule has 1 N–H and O–H groups in total. The molecule has 5 nitrogen and oxygen atoms in total. The lowest BCUT2D eigenvalue weighted by atomic mass is 9.89. The summed E-state index contributed by atoms with van der Waals surface area (Å²) in [6.45, 7) is 6.02. The summed E-state index contributed by atoms with van der Waals surface area (Å²) in [5.74, 6) is -0.262. The fourth-order valence-corrected chi connectivity index (χ4v) is 3.73. The van der Waals surface area contributed by atoms with Crippen LogP contribution < -0.4 is 5.32 Å². The number of rotatable bonds is 6. The van der Waals surface area contributed by atoms with Crippen molar-refractivity contribution in [2.45, 2.75) is 25.8 Å². The summed E-state index contributed by atoms with van der Waals surface area (Å²) in [5.41, 5.74) is 0.570. The minimum absolute atomic E-state index is 0.0476. The van der Waals surface area contributed by atoms with E-state index in [9.17, 15) is 9.59 Å². The molecule has 1 saturated heterocycles. The van der Waals surface area contributed by atoms with Crippen molar-refractivity contribution in [1.29, 1.82) is 0 Å². The van der Waals surface area contributed by atoms with Gasteiger partial charge in [-0.1, -0.05) is 42.5 Å². The van der Waals surface area contributed by atoms with Gasteiger partial charge in [0.1, 0.15) is 0 Å². The monoisotopic (exact) mass is 367 g/mol. The number of carbonyl (C=O) groups excluding carboxylic acids is 2. The highest BCUT2D eigenvalue weighted by Crippen LogP contribution is 2.29. The molecule has 2 aromatic rings. The van der Waals surface area contributed by atoms with E-state index in [-0.39, 0.29) is 17.7 Å². The zero-order chi connectivity index (χ0) is 19.6. The quantitative estimate of drug-likeness (QED) is 0.854. The van der Waals surface area contributed by atoms with Gasteiger partial charge in [-0.05, 0) is 44.3 Å². The Bertz CT molecular complexity index is 839. The van der Waals surface area contributed by atoms with Crippen LogP contribution in [0.5, 0.6) is 0 Å². The Labute approximate surface area is 161 Å². The van der Waals surface area contributed by atoms with Crippen LogP contribution in [0.4, 0.5) is 0 Å². The molecule has 2 amide bonds. The first kappa shape index (κ1) is 19.4. The van der Waals surface area contributed by atoms with Crippen LogP contribution in [0.2, 0.25) is 0 Å². The van der Waals surface area contributed by atoms with Gasteiger partial charge in [0.05, 0.1) is 11.5 Å². The van der Waals surface area contributed by atoms with Crippen molar-refractivity contribution >= 4 is 22.6 Å². The van der Waals surface area contributed by atoms with Crippen LogP contribution in [0.15, 0.2) is 42.5 Å². The van der Waals surface area contributed by atoms with E-state index in [1.807, 2.05) is 51.0 Å². The van der Waals surface area contributed by atoms with E-state index in [0.717, 1.165) is 22.9 Å². The van der Waals surface area contributed by atoms with E-state index in [0.29, 0.717) is 19.5 Å². The average molecular weight is 367 g/mol. The highest BCUT2D eigenvalue weighted by molar-refractivity contribution is 5.91. The lowest BCUT2D eigenvalue weighted by Gasteiger charge is -2.29. The molecular weight excluding hydrogens is 338 g/mol. The molecule has 5 heteroatoms. The van der Waals surface area contributed by atoms with Crippen LogP contribution in [-0.2, 0) is 15.1 Å². The summed E-state index contributed by atoms with van der Waals surface area (Å²) < 4.78 is 0. The first-order valence-electron chi connectivity index (χ1n) is 9.51. The summed E-state index contributed by atoms with van der Waals surface area (Å²) in [6, 6.07) is 14.4. The highest BCUT2D eigenvalue weighted by Gasteiger charge is 2.36. The van der Waals surface area contributed by atoms with Gasteiger partial charge in [-0.2, -0.15) is 0 Å². The molecule has 144 valence electrons. The summed E-state index contributed by atoms with van der Waals surface area (Å²) in [4.78, 5) is 29.0. The van der Waals surface area contributed by atoms with Gasteiger partial charge in [-0.25, -0.2) is 0 Å². The van der Waals surface area contributed by atoms with Gasteiger partial charge >= 0.3 is 0 Å². The van der Waals surface area contributed by atoms with Gasteiger partial charge in [0, 0.05) is 26.1 Å². The maximum Gasteiger partial charge on any atom is 0.226 e. The molecule has 1 unspecified atom stereocenters. The van der Waals surface area contributed by atoms with Crippen LogP contribution in [0.3, 0.4) is 0 Å². The van der Waals surface area contributed by atoms with Crippen LogP contribution in [0, 0.1) is 5.92 Å². The molecule has 0 bridgehead atoms. The number of hydrogen-bond donors (Lipinski definition) is 1. The van der Waals surface area contributed by atoms with E-state index in [1.54, 1.807) is 4.90 Å². The highest BCUT2D eigenvalue weighted by atomic mass is 16.2. The first-order chi connectivity index (χ1) is 12.8. The molecule has 0 spiro atoms. The Morgan fingerprint density at radius 1 is 1.19 bits per heavy atom. The molecule has 1 aliphatic heterocycles. The topological polar surface area (TPSA) is 52.6 Å². The van der Waals surface area contributed by atoms with Crippen molar-refractivity contribution < 1.29 is 9.59 Å². The van der Waals surface area contributed by atoms with E-state index in [2.05, 4.69) is 29.6 Å². The van der Waals surface area contributed by atoms with Crippen molar-refractivity contribution in [3.05, 3.63) is 48.0 Å². The fraction of sp³-hybridized carbons (Fsp3) is 0.455. The average Bonchev–Trinajstić information content (AvgIpc) is 3.00. The van der Waals surface area contributed by atoms with E-state index in [1.165, 1.54) is 0 Å². The van der Waals surface area contributed by atoms with Crippen molar-refractivity contribution in [1.82, 2.24) is 15.1 Å². The van der Waals surface area contributed by atoms with Crippen LogP contribution in [0.1, 0.15) is 25.8 Å². The van der Waals surface area contributed by atoms with Crippen LogP contribution in [0.25, 0.3) is 10.8 Å². The second-order valence-electron chi connectivity index (χ2n) is 8.19. The van der Waals surface area contributed by atoms with Gasteiger partial charge in [0.2, 0.25) is 11.8 Å². The smallest absolute Gasteiger partial charge is 0.226 e. The Morgan fingerprint density at radius 3 is 2.63 bits per heavy atom. The van der Waals surface area contributed by atoms with Crippen LogP contribution >= 0.6 is 0 Å².